The molecule has 1 atom stereocenters. The Labute approximate surface area is 153 Å². The van der Waals surface area contributed by atoms with Crippen molar-refractivity contribution in [2.45, 2.75) is 52.2 Å². The number of unbranched alkanes of at least 4 members (excludes halogenated alkanes) is 1. The number of guanidine groups is 1. The number of ether oxygens (including phenoxy) is 1. The molecule has 0 radical (unpaired) electrons. The molecule has 0 bridgehead atoms. The third-order valence-electron chi connectivity index (χ3n) is 3.85. The zero-order chi connectivity index (χ0) is 17.9. The van der Waals surface area contributed by atoms with Gasteiger partial charge in [0.25, 0.3) is 11.8 Å². The summed E-state index contributed by atoms with van der Waals surface area (Å²) in [6.07, 6.45) is 1.97. The Bertz CT molecular complexity index is 663. The molecule has 0 aliphatic carbocycles. The van der Waals surface area contributed by atoms with Gasteiger partial charge in [0.05, 0.1) is 5.69 Å². The molecule has 0 spiro atoms. The average Bonchev–Trinajstić information content (AvgIpc) is 2.51. The number of anilines is 1. The van der Waals surface area contributed by atoms with Gasteiger partial charge in [-0.3, -0.25) is 20.3 Å². The van der Waals surface area contributed by atoms with E-state index >= 15 is 0 Å². The first kappa shape index (κ1) is 20.8. The van der Waals surface area contributed by atoms with Crippen molar-refractivity contribution in [3.8, 4) is 5.75 Å². The van der Waals surface area contributed by atoms with Crippen molar-refractivity contribution in [2.75, 3.05) is 4.90 Å². The molecular weight excluding hydrogens is 344 g/mol. The number of fused-ring (bicyclic) bond motifs is 1. The third kappa shape index (κ3) is 4.63. The number of nitrogens with one attached hydrogen (secondary N) is 2. The molecule has 1 unspecified atom stereocenters. The van der Waals surface area contributed by atoms with E-state index in [0.717, 1.165) is 12.8 Å². The number of nitrogens with two attached hydrogens (primary N) is 1. The van der Waals surface area contributed by atoms with Crippen LogP contribution in [-0.2, 0) is 4.79 Å². The second-order valence-corrected chi connectivity index (χ2v) is 6.10. The Morgan fingerprint density at radius 1 is 1.44 bits per heavy atom. The van der Waals surface area contributed by atoms with Crippen molar-refractivity contribution in [3.05, 3.63) is 23.8 Å². The minimum Gasteiger partial charge on any atom is -0.478 e. The van der Waals surface area contributed by atoms with E-state index in [2.05, 4.69) is 12.2 Å². The van der Waals surface area contributed by atoms with Gasteiger partial charge in [-0.25, -0.2) is 0 Å². The zero-order valence-corrected chi connectivity index (χ0v) is 15.5. The minimum atomic E-state index is -0.536. The standard InChI is InChI=1S/C17H24N4O3.ClH/c1-4-5-6-13-16(23)21(10(2)3)12-8-7-11(9-14(12)24-13)15(22)20-17(18)19;/h7-10,13H,4-6H2,1-3H3,(H4,18,19,20,22);1H. The number of benzene rings is 1. The molecule has 0 fully saturated rings. The first-order chi connectivity index (χ1) is 11.3. The molecule has 0 saturated heterocycles. The molecular formula is C17H25ClN4O3. The number of halogens is 1. The summed E-state index contributed by atoms with van der Waals surface area (Å²) in [5.74, 6) is -0.446. The Kier molecular flexibility index (Phi) is 7.23. The second-order valence-electron chi connectivity index (χ2n) is 6.10. The van der Waals surface area contributed by atoms with Crippen LogP contribution in [-0.4, -0.2) is 29.9 Å². The summed E-state index contributed by atoms with van der Waals surface area (Å²) in [6.45, 7) is 5.95. The fourth-order valence-corrected chi connectivity index (χ4v) is 2.73. The molecule has 2 rings (SSSR count). The molecule has 7 nitrogen and oxygen atoms in total. The number of rotatable bonds is 5. The Morgan fingerprint density at radius 3 is 2.68 bits per heavy atom. The Balaban J connectivity index is 0.00000312. The van der Waals surface area contributed by atoms with Gasteiger partial charge >= 0.3 is 0 Å². The van der Waals surface area contributed by atoms with Gasteiger partial charge in [-0.1, -0.05) is 13.3 Å². The summed E-state index contributed by atoms with van der Waals surface area (Å²) in [6, 6.07) is 4.86. The molecule has 0 saturated carbocycles. The molecule has 0 aromatic heterocycles. The quantitative estimate of drug-likeness (QED) is 0.547. The van der Waals surface area contributed by atoms with Gasteiger partial charge in [0.15, 0.2) is 12.1 Å². The zero-order valence-electron chi connectivity index (χ0n) is 14.7. The predicted molar refractivity (Wildman–Crippen MR) is 99.6 cm³/mol. The van der Waals surface area contributed by atoms with E-state index in [-0.39, 0.29) is 24.4 Å². The van der Waals surface area contributed by atoms with Crippen molar-refractivity contribution in [2.24, 2.45) is 5.73 Å². The lowest BCUT2D eigenvalue weighted by molar-refractivity contribution is -0.127. The van der Waals surface area contributed by atoms with Gasteiger partial charge in [-0.05, 0) is 44.9 Å². The Morgan fingerprint density at radius 2 is 2.12 bits per heavy atom. The lowest BCUT2D eigenvalue weighted by Crippen LogP contribution is -2.49. The number of nitrogens with zero attached hydrogens (tertiary/aromatic N) is 1. The van der Waals surface area contributed by atoms with Crippen LogP contribution in [0.4, 0.5) is 5.69 Å². The topological polar surface area (TPSA) is 109 Å². The summed E-state index contributed by atoms with van der Waals surface area (Å²) in [4.78, 5) is 26.4. The summed E-state index contributed by atoms with van der Waals surface area (Å²) < 4.78 is 5.87. The summed E-state index contributed by atoms with van der Waals surface area (Å²) in [5.41, 5.74) is 6.18. The summed E-state index contributed by atoms with van der Waals surface area (Å²) >= 11 is 0. The molecule has 1 aliphatic heterocycles. The number of hydrogen-bond acceptors (Lipinski definition) is 4. The molecule has 1 aromatic carbocycles. The van der Waals surface area contributed by atoms with E-state index < -0.39 is 18.0 Å². The SMILES string of the molecule is CCCCC1Oc2cc(C(=O)NC(=N)N)ccc2N(C(C)C)C1=O.Cl. The van der Waals surface area contributed by atoms with E-state index in [1.54, 1.807) is 23.1 Å². The van der Waals surface area contributed by atoms with E-state index in [1.807, 2.05) is 13.8 Å². The highest BCUT2D eigenvalue weighted by Gasteiger charge is 2.35. The lowest BCUT2D eigenvalue weighted by Gasteiger charge is -2.37. The van der Waals surface area contributed by atoms with Gasteiger partial charge in [0.1, 0.15) is 5.75 Å². The van der Waals surface area contributed by atoms with Crippen molar-refractivity contribution in [1.82, 2.24) is 5.32 Å². The first-order valence-electron chi connectivity index (χ1n) is 8.14. The monoisotopic (exact) mass is 368 g/mol. The van der Waals surface area contributed by atoms with Crippen LogP contribution in [0, 0.1) is 5.41 Å². The van der Waals surface area contributed by atoms with Crippen LogP contribution in [0.25, 0.3) is 0 Å². The van der Waals surface area contributed by atoms with E-state index in [1.165, 1.54) is 0 Å². The van der Waals surface area contributed by atoms with E-state index in [9.17, 15) is 9.59 Å². The highest BCUT2D eigenvalue weighted by molar-refractivity contribution is 6.06. The second kappa shape index (κ2) is 8.71. The van der Waals surface area contributed by atoms with Gasteiger partial charge in [-0.15, -0.1) is 12.4 Å². The van der Waals surface area contributed by atoms with Gasteiger partial charge in [0.2, 0.25) is 0 Å². The average molecular weight is 369 g/mol. The lowest BCUT2D eigenvalue weighted by atomic mass is 10.0. The largest absolute Gasteiger partial charge is 0.478 e. The maximum Gasteiger partial charge on any atom is 0.268 e. The molecule has 138 valence electrons. The highest BCUT2D eigenvalue weighted by Crippen LogP contribution is 2.37. The molecule has 1 aromatic rings. The summed E-state index contributed by atoms with van der Waals surface area (Å²) in [7, 11) is 0. The van der Waals surface area contributed by atoms with Gasteiger partial charge < -0.3 is 15.4 Å². The smallest absolute Gasteiger partial charge is 0.268 e. The maximum absolute atomic E-state index is 12.7. The molecule has 4 N–H and O–H groups in total. The van der Waals surface area contributed by atoms with Crippen LogP contribution < -0.4 is 20.7 Å². The summed E-state index contributed by atoms with van der Waals surface area (Å²) in [5, 5.41) is 9.39. The molecule has 1 heterocycles. The fourth-order valence-electron chi connectivity index (χ4n) is 2.73. The number of carbonyl (C=O) groups is 2. The van der Waals surface area contributed by atoms with E-state index in [4.69, 9.17) is 15.9 Å². The van der Waals surface area contributed by atoms with Crippen LogP contribution >= 0.6 is 12.4 Å². The number of amides is 2. The number of hydrogen-bond donors (Lipinski definition) is 3. The normalized spacial score (nSPS) is 15.9. The van der Waals surface area contributed by atoms with Crippen molar-refractivity contribution in [3.63, 3.8) is 0 Å². The molecule has 25 heavy (non-hydrogen) atoms. The van der Waals surface area contributed by atoms with E-state index in [0.29, 0.717) is 23.4 Å². The van der Waals surface area contributed by atoms with Crippen LogP contribution in [0.15, 0.2) is 18.2 Å². The van der Waals surface area contributed by atoms with Gasteiger partial charge in [0, 0.05) is 11.6 Å². The van der Waals surface area contributed by atoms with Crippen molar-refractivity contribution >= 4 is 35.9 Å². The fraction of sp³-hybridized carbons (Fsp3) is 0.471. The van der Waals surface area contributed by atoms with Crippen LogP contribution in [0.2, 0.25) is 0 Å². The van der Waals surface area contributed by atoms with Gasteiger partial charge in [-0.2, -0.15) is 0 Å². The van der Waals surface area contributed by atoms with Crippen molar-refractivity contribution < 1.29 is 14.3 Å². The number of carbonyl (C=O) groups excluding carboxylic acids is 2. The Hall–Kier alpha value is -2.28. The van der Waals surface area contributed by atoms with Crippen LogP contribution in [0.3, 0.4) is 0 Å². The van der Waals surface area contributed by atoms with Crippen molar-refractivity contribution in [1.29, 1.82) is 5.41 Å². The maximum atomic E-state index is 12.7. The minimum absolute atomic E-state index is 0. The molecule has 1 aliphatic rings. The highest BCUT2D eigenvalue weighted by atomic mass is 35.5. The van der Waals surface area contributed by atoms with Crippen LogP contribution in [0.5, 0.6) is 5.75 Å². The third-order valence-corrected chi connectivity index (χ3v) is 3.85. The van der Waals surface area contributed by atoms with Crippen LogP contribution in [0.1, 0.15) is 50.4 Å². The predicted octanol–water partition coefficient (Wildman–Crippen LogP) is 2.42. The molecule has 8 heteroatoms. The molecule has 2 amide bonds. The first-order valence-corrected chi connectivity index (χ1v) is 8.14.